The molecule has 0 aliphatic heterocycles. The topological polar surface area (TPSA) is 68.3 Å². The average molecular weight is 519 g/mol. The largest absolute Gasteiger partial charge is 0.438 e. The van der Waals surface area contributed by atoms with Crippen LogP contribution in [0.5, 0.6) is 11.6 Å². The van der Waals surface area contributed by atoms with E-state index in [2.05, 4.69) is 24.1 Å². The van der Waals surface area contributed by atoms with E-state index < -0.39 is 5.82 Å². The van der Waals surface area contributed by atoms with Crippen LogP contribution in [0.1, 0.15) is 96.3 Å². The number of halogens is 1. The summed E-state index contributed by atoms with van der Waals surface area (Å²) in [5, 5.41) is 3.16. The van der Waals surface area contributed by atoms with Gasteiger partial charge in [-0.1, -0.05) is 46.6 Å². The molecule has 1 aromatic carbocycles. The summed E-state index contributed by atoms with van der Waals surface area (Å²) in [5.74, 6) is 0.959. The third-order valence-corrected chi connectivity index (χ3v) is 6.57. The van der Waals surface area contributed by atoms with Gasteiger partial charge < -0.3 is 10.1 Å². The molecule has 200 valence electrons. The maximum Gasteiger partial charge on any atom is 0.230 e. The average Bonchev–Trinajstić information content (AvgIpc) is 2.88. The van der Waals surface area contributed by atoms with E-state index in [1.165, 1.54) is 45.4 Å². The molecule has 1 aliphatic carbocycles. The Morgan fingerprint density at radius 2 is 1.83 bits per heavy atom. The molecule has 2 aromatic rings. The number of aromatic nitrogens is 1. The Kier molecular flexibility index (Phi) is 15.7. The van der Waals surface area contributed by atoms with Gasteiger partial charge in [-0.25, -0.2) is 9.37 Å². The Balaban J connectivity index is 0.000000346. The van der Waals surface area contributed by atoms with E-state index in [0.29, 0.717) is 11.8 Å². The van der Waals surface area contributed by atoms with Crippen LogP contribution in [0.25, 0.3) is 0 Å². The summed E-state index contributed by atoms with van der Waals surface area (Å²) in [4.78, 5) is 27.9. The highest BCUT2D eigenvalue weighted by Gasteiger charge is 2.19. The van der Waals surface area contributed by atoms with Crippen molar-refractivity contribution in [2.45, 2.75) is 96.9 Å². The Bertz CT molecular complexity index is 930. The highest BCUT2D eigenvalue weighted by Crippen LogP contribution is 2.27. The van der Waals surface area contributed by atoms with E-state index in [9.17, 15) is 14.0 Å². The van der Waals surface area contributed by atoms with Crippen LogP contribution in [0.3, 0.4) is 0 Å². The molecule has 7 heteroatoms. The van der Waals surface area contributed by atoms with Crippen molar-refractivity contribution in [1.82, 2.24) is 10.3 Å². The van der Waals surface area contributed by atoms with Crippen LogP contribution in [0, 0.1) is 11.7 Å². The Morgan fingerprint density at radius 1 is 1.14 bits per heavy atom. The molecular formula is C29H43FN2O3S. The maximum atomic E-state index is 13.1. The zero-order valence-electron chi connectivity index (χ0n) is 22.7. The summed E-state index contributed by atoms with van der Waals surface area (Å²) < 4.78 is 18.6. The SMILES string of the molecule is CC.CCCCCC(=O)NC1CCC(C)CC1.CSc1cccc(Oc2ncc(F)cc2C(C)=O)c1. The lowest BCUT2D eigenvalue weighted by atomic mass is 9.87. The number of hydrogen-bond acceptors (Lipinski definition) is 5. The lowest BCUT2D eigenvalue weighted by Gasteiger charge is -2.26. The second kappa shape index (κ2) is 17.9. The van der Waals surface area contributed by atoms with Gasteiger partial charge in [-0.05, 0) is 75.5 Å². The first kappa shape index (κ1) is 31.6. The predicted molar refractivity (Wildman–Crippen MR) is 148 cm³/mol. The quantitative estimate of drug-likeness (QED) is 0.206. The summed E-state index contributed by atoms with van der Waals surface area (Å²) >= 11 is 1.58. The summed E-state index contributed by atoms with van der Waals surface area (Å²) in [7, 11) is 0. The maximum absolute atomic E-state index is 13.1. The van der Waals surface area contributed by atoms with Crippen molar-refractivity contribution >= 4 is 23.5 Å². The number of ether oxygens (including phenoxy) is 1. The minimum Gasteiger partial charge on any atom is -0.438 e. The minimum absolute atomic E-state index is 0.118. The first-order valence-electron chi connectivity index (χ1n) is 13.1. The van der Waals surface area contributed by atoms with Crippen LogP contribution in [0.15, 0.2) is 41.4 Å². The zero-order chi connectivity index (χ0) is 26.9. The van der Waals surface area contributed by atoms with E-state index >= 15 is 0 Å². The number of nitrogens with one attached hydrogen (secondary N) is 1. The zero-order valence-corrected chi connectivity index (χ0v) is 23.6. The van der Waals surface area contributed by atoms with Crippen LogP contribution < -0.4 is 10.1 Å². The summed E-state index contributed by atoms with van der Waals surface area (Å²) in [5.41, 5.74) is 0.134. The fraction of sp³-hybridized carbons (Fsp3) is 0.552. The minimum atomic E-state index is -0.560. The highest BCUT2D eigenvalue weighted by molar-refractivity contribution is 7.98. The van der Waals surface area contributed by atoms with Crippen molar-refractivity contribution < 1.29 is 18.7 Å². The van der Waals surface area contributed by atoms with Crippen LogP contribution in [0.4, 0.5) is 4.39 Å². The molecule has 0 saturated heterocycles. The van der Waals surface area contributed by atoms with Gasteiger partial charge in [0, 0.05) is 17.4 Å². The smallest absolute Gasteiger partial charge is 0.230 e. The van der Waals surface area contributed by atoms with Crippen molar-refractivity contribution in [3.05, 3.63) is 47.9 Å². The lowest BCUT2D eigenvalue weighted by Crippen LogP contribution is -2.37. The van der Waals surface area contributed by atoms with Crippen LogP contribution in [-0.4, -0.2) is 29.0 Å². The van der Waals surface area contributed by atoms with Crippen molar-refractivity contribution in [2.75, 3.05) is 6.26 Å². The van der Waals surface area contributed by atoms with Crippen molar-refractivity contribution in [3.8, 4) is 11.6 Å². The number of pyridine rings is 1. The van der Waals surface area contributed by atoms with Gasteiger partial charge in [0.1, 0.15) is 11.6 Å². The van der Waals surface area contributed by atoms with E-state index in [1.54, 1.807) is 17.8 Å². The monoisotopic (exact) mass is 518 g/mol. The Morgan fingerprint density at radius 3 is 2.44 bits per heavy atom. The second-order valence-electron chi connectivity index (χ2n) is 8.82. The van der Waals surface area contributed by atoms with E-state index in [1.807, 2.05) is 38.3 Å². The number of carbonyl (C=O) groups is 2. The van der Waals surface area contributed by atoms with Gasteiger partial charge in [0.15, 0.2) is 5.78 Å². The molecule has 1 N–H and O–H groups in total. The Hall–Kier alpha value is -2.41. The summed E-state index contributed by atoms with van der Waals surface area (Å²) in [6.45, 7) is 9.82. The lowest BCUT2D eigenvalue weighted by molar-refractivity contribution is -0.122. The molecule has 5 nitrogen and oxygen atoms in total. The van der Waals surface area contributed by atoms with Crippen LogP contribution in [-0.2, 0) is 4.79 Å². The van der Waals surface area contributed by atoms with Crippen molar-refractivity contribution in [2.24, 2.45) is 5.92 Å². The molecule has 1 amide bonds. The third-order valence-electron chi connectivity index (χ3n) is 5.84. The van der Waals surface area contributed by atoms with Gasteiger partial charge in [0.2, 0.25) is 11.8 Å². The molecular weight excluding hydrogens is 475 g/mol. The predicted octanol–water partition coefficient (Wildman–Crippen LogP) is 8.23. The number of thioether (sulfide) groups is 1. The molecule has 0 radical (unpaired) electrons. The van der Waals surface area contributed by atoms with Gasteiger partial charge in [0.25, 0.3) is 0 Å². The fourth-order valence-corrected chi connectivity index (χ4v) is 4.23. The molecule has 36 heavy (non-hydrogen) atoms. The first-order valence-corrected chi connectivity index (χ1v) is 14.3. The van der Waals surface area contributed by atoms with Gasteiger partial charge in [-0.15, -0.1) is 11.8 Å². The van der Waals surface area contributed by atoms with Crippen molar-refractivity contribution in [1.29, 1.82) is 0 Å². The second-order valence-corrected chi connectivity index (χ2v) is 9.70. The summed E-state index contributed by atoms with van der Waals surface area (Å²) in [6, 6.07) is 8.98. The number of carbonyl (C=O) groups excluding carboxylic acids is 2. The number of ketones is 1. The molecule has 1 saturated carbocycles. The van der Waals surface area contributed by atoms with E-state index in [-0.39, 0.29) is 23.1 Å². The molecule has 0 spiro atoms. The van der Waals surface area contributed by atoms with Gasteiger partial charge >= 0.3 is 0 Å². The van der Waals surface area contributed by atoms with Crippen LogP contribution in [0.2, 0.25) is 0 Å². The van der Waals surface area contributed by atoms with Gasteiger partial charge in [0.05, 0.1) is 11.8 Å². The molecule has 3 rings (SSSR count). The number of unbranched alkanes of at least 4 members (excludes halogenated alkanes) is 2. The molecule has 0 unspecified atom stereocenters. The van der Waals surface area contributed by atoms with Gasteiger partial charge in [-0.2, -0.15) is 0 Å². The fourth-order valence-electron chi connectivity index (χ4n) is 3.78. The number of Topliss-reactive ketones (excluding diaryl/α,β-unsaturated/α-hetero) is 1. The molecule has 1 heterocycles. The van der Waals surface area contributed by atoms with Crippen LogP contribution >= 0.6 is 11.8 Å². The number of amides is 1. The Labute approximate surface area is 221 Å². The number of benzene rings is 1. The standard InChI is InChI=1S/C14H12FNO2S.C13H25NO.C2H6/c1-9(17)13-6-10(15)8-16-14(13)18-11-4-3-5-12(7-11)19-2;1-3-4-5-6-13(15)14-12-9-7-11(2)8-10-12;1-2/h3-8H,1-2H3;11-12H,3-10H2,1-2H3,(H,14,15);1-2H3. The van der Waals surface area contributed by atoms with Crippen molar-refractivity contribution in [3.63, 3.8) is 0 Å². The molecule has 0 atom stereocenters. The van der Waals surface area contributed by atoms with E-state index in [0.717, 1.165) is 35.9 Å². The van der Waals surface area contributed by atoms with Gasteiger partial charge in [-0.3, -0.25) is 9.59 Å². The summed E-state index contributed by atoms with van der Waals surface area (Å²) in [6.07, 6.45) is 12.0. The highest BCUT2D eigenvalue weighted by atomic mass is 32.2. The molecule has 1 fully saturated rings. The molecule has 1 aliphatic rings. The molecule has 0 bridgehead atoms. The normalized spacial score (nSPS) is 16.5. The number of nitrogens with zero attached hydrogens (tertiary/aromatic N) is 1. The first-order chi connectivity index (χ1) is 17.3. The third kappa shape index (κ3) is 12.0. The number of hydrogen-bond donors (Lipinski definition) is 1. The number of rotatable bonds is 9. The molecule has 1 aromatic heterocycles. The van der Waals surface area contributed by atoms with E-state index in [4.69, 9.17) is 4.74 Å².